The number of aliphatic hydroxyl groups is 1. The Hall–Kier alpha value is -1.85. The molecule has 1 aliphatic rings. The Balaban J connectivity index is 1.96. The molecular weight excluding hydrogens is 258 g/mol. The van der Waals surface area contributed by atoms with Crippen molar-refractivity contribution in [2.45, 2.75) is 25.5 Å². The number of β-amino-alcohol motifs (C(OH)–C–C–N with tert-alkyl or cyclic N) is 1. The number of phenolic OH excluding ortho intramolecular Hbond substituents is 1. The van der Waals surface area contributed by atoms with Crippen LogP contribution in [0.2, 0.25) is 0 Å². The summed E-state index contributed by atoms with van der Waals surface area (Å²) in [5.74, 6) is 0.0752. The second-order valence-electron chi connectivity index (χ2n) is 5.30. The molecule has 1 atom stereocenters. The topological polar surface area (TPSA) is 73.9 Å². The van der Waals surface area contributed by atoms with Crippen LogP contribution in [0.5, 0.6) is 5.75 Å². The molecule has 1 unspecified atom stereocenters. The van der Waals surface area contributed by atoms with Gasteiger partial charge in [0.15, 0.2) is 0 Å². The van der Waals surface area contributed by atoms with E-state index in [0.29, 0.717) is 18.7 Å². The van der Waals surface area contributed by atoms with Crippen LogP contribution in [0.1, 0.15) is 18.4 Å². The zero-order valence-corrected chi connectivity index (χ0v) is 11.1. The number of phenols is 1. The lowest BCUT2D eigenvalue weighted by molar-refractivity contribution is 0.0670. The summed E-state index contributed by atoms with van der Waals surface area (Å²) in [4.78, 5) is 13.7. The molecule has 1 saturated heterocycles. The molecule has 0 amide bonds. The van der Waals surface area contributed by atoms with E-state index in [1.165, 1.54) is 12.1 Å². The summed E-state index contributed by atoms with van der Waals surface area (Å²) in [6.07, 6.45) is 1.50. The summed E-state index contributed by atoms with van der Waals surface area (Å²) in [5.41, 5.74) is 0.839. The van der Waals surface area contributed by atoms with Crippen LogP contribution in [0.25, 0.3) is 11.0 Å². The molecule has 0 saturated carbocycles. The van der Waals surface area contributed by atoms with Gasteiger partial charge in [0.1, 0.15) is 11.3 Å². The standard InChI is InChI=1S/C15H17NO4/c17-11-3-4-13-10(6-15(19)20-14(13)7-11)8-16-5-1-2-12(18)9-16/h3-4,6-7,12,17-18H,1-2,5,8-9H2. The Morgan fingerprint density at radius 1 is 1.35 bits per heavy atom. The van der Waals surface area contributed by atoms with Crippen molar-refractivity contribution in [1.82, 2.24) is 4.90 Å². The minimum atomic E-state index is -0.421. The van der Waals surface area contributed by atoms with Crippen LogP contribution in [-0.4, -0.2) is 34.3 Å². The molecule has 0 radical (unpaired) electrons. The number of benzene rings is 1. The van der Waals surface area contributed by atoms with Crippen molar-refractivity contribution >= 4 is 11.0 Å². The number of fused-ring (bicyclic) bond motifs is 1. The Labute approximate surface area is 116 Å². The number of hydrogen-bond donors (Lipinski definition) is 2. The van der Waals surface area contributed by atoms with Crippen LogP contribution in [0.15, 0.2) is 33.5 Å². The minimum absolute atomic E-state index is 0.0752. The molecule has 1 aromatic heterocycles. The third-order valence-electron chi connectivity index (χ3n) is 3.69. The molecule has 1 aromatic carbocycles. The van der Waals surface area contributed by atoms with Crippen LogP contribution in [0.4, 0.5) is 0 Å². The molecule has 106 valence electrons. The number of rotatable bonds is 2. The molecule has 2 N–H and O–H groups in total. The smallest absolute Gasteiger partial charge is 0.336 e. The fraction of sp³-hybridized carbons (Fsp3) is 0.400. The highest BCUT2D eigenvalue weighted by molar-refractivity contribution is 5.81. The predicted octanol–water partition coefficient (Wildman–Crippen LogP) is 1.46. The van der Waals surface area contributed by atoms with Gasteiger partial charge in [0.25, 0.3) is 0 Å². The van der Waals surface area contributed by atoms with Gasteiger partial charge in [0.2, 0.25) is 0 Å². The SMILES string of the molecule is O=c1cc(CN2CCCC(O)C2)c2ccc(O)cc2o1. The van der Waals surface area contributed by atoms with Gasteiger partial charge in [-0.05, 0) is 37.1 Å². The van der Waals surface area contributed by atoms with Crippen LogP contribution >= 0.6 is 0 Å². The third-order valence-corrected chi connectivity index (χ3v) is 3.69. The maximum atomic E-state index is 11.6. The number of nitrogens with zero attached hydrogens (tertiary/aromatic N) is 1. The van der Waals surface area contributed by atoms with Gasteiger partial charge in [0, 0.05) is 30.6 Å². The molecular formula is C15H17NO4. The van der Waals surface area contributed by atoms with Crippen molar-refractivity contribution in [3.63, 3.8) is 0 Å². The predicted molar refractivity (Wildman–Crippen MR) is 74.7 cm³/mol. The first-order chi connectivity index (χ1) is 9.61. The monoisotopic (exact) mass is 275 g/mol. The highest BCUT2D eigenvalue weighted by Crippen LogP contribution is 2.23. The van der Waals surface area contributed by atoms with Crippen LogP contribution in [0, 0.1) is 0 Å². The Morgan fingerprint density at radius 2 is 2.20 bits per heavy atom. The maximum absolute atomic E-state index is 11.6. The fourth-order valence-electron chi connectivity index (χ4n) is 2.77. The van der Waals surface area contributed by atoms with E-state index in [0.717, 1.165) is 30.3 Å². The van der Waals surface area contributed by atoms with Crippen molar-refractivity contribution < 1.29 is 14.6 Å². The third kappa shape index (κ3) is 2.69. The van der Waals surface area contributed by atoms with E-state index in [1.807, 2.05) is 0 Å². The summed E-state index contributed by atoms with van der Waals surface area (Å²) in [7, 11) is 0. The first-order valence-electron chi connectivity index (χ1n) is 6.78. The minimum Gasteiger partial charge on any atom is -0.508 e. The van der Waals surface area contributed by atoms with Crippen LogP contribution in [-0.2, 0) is 6.54 Å². The molecule has 3 rings (SSSR count). The molecule has 1 fully saturated rings. The molecule has 5 heteroatoms. The van der Waals surface area contributed by atoms with Crippen molar-refractivity contribution in [2.75, 3.05) is 13.1 Å². The molecule has 1 aliphatic heterocycles. The lowest BCUT2D eigenvalue weighted by Crippen LogP contribution is -2.37. The van der Waals surface area contributed by atoms with Crippen LogP contribution < -0.4 is 5.63 Å². The van der Waals surface area contributed by atoms with Gasteiger partial charge in [-0.3, -0.25) is 4.90 Å². The normalized spacial score (nSPS) is 20.4. The Bertz CT molecular complexity index is 679. The number of aromatic hydroxyl groups is 1. The largest absolute Gasteiger partial charge is 0.508 e. The number of likely N-dealkylation sites (tertiary alicyclic amines) is 1. The second-order valence-corrected chi connectivity index (χ2v) is 5.30. The first-order valence-corrected chi connectivity index (χ1v) is 6.78. The fourth-order valence-corrected chi connectivity index (χ4v) is 2.77. The van der Waals surface area contributed by atoms with E-state index in [1.54, 1.807) is 12.1 Å². The highest BCUT2D eigenvalue weighted by atomic mass is 16.4. The quantitative estimate of drug-likeness (QED) is 0.812. The second kappa shape index (κ2) is 5.26. The molecule has 20 heavy (non-hydrogen) atoms. The Kier molecular flexibility index (Phi) is 3.46. The van der Waals surface area contributed by atoms with Gasteiger partial charge in [-0.2, -0.15) is 0 Å². The average Bonchev–Trinajstić information content (AvgIpc) is 2.37. The van der Waals surface area contributed by atoms with Gasteiger partial charge in [0.05, 0.1) is 6.10 Å². The number of piperidine rings is 1. The van der Waals surface area contributed by atoms with E-state index >= 15 is 0 Å². The van der Waals surface area contributed by atoms with E-state index in [-0.39, 0.29) is 11.9 Å². The lowest BCUT2D eigenvalue weighted by atomic mass is 10.1. The van der Waals surface area contributed by atoms with E-state index < -0.39 is 5.63 Å². The van der Waals surface area contributed by atoms with Crippen molar-refractivity contribution in [3.05, 3.63) is 40.2 Å². The summed E-state index contributed by atoms with van der Waals surface area (Å²) in [5, 5.41) is 20.0. The number of hydrogen-bond acceptors (Lipinski definition) is 5. The zero-order valence-electron chi connectivity index (χ0n) is 11.1. The first kappa shape index (κ1) is 13.1. The van der Waals surface area contributed by atoms with E-state index in [4.69, 9.17) is 4.42 Å². The maximum Gasteiger partial charge on any atom is 0.336 e. The highest BCUT2D eigenvalue weighted by Gasteiger charge is 2.19. The van der Waals surface area contributed by atoms with Crippen LogP contribution in [0.3, 0.4) is 0 Å². The van der Waals surface area contributed by atoms with Gasteiger partial charge in [-0.15, -0.1) is 0 Å². The van der Waals surface area contributed by atoms with Gasteiger partial charge in [-0.25, -0.2) is 4.79 Å². The average molecular weight is 275 g/mol. The van der Waals surface area contributed by atoms with Gasteiger partial charge >= 0.3 is 5.63 Å². The molecule has 0 spiro atoms. The summed E-state index contributed by atoms with van der Waals surface area (Å²) < 4.78 is 5.11. The van der Waals surface area contributed by atoms with Crippen molar-refractivity contribution in [2.24, 2.45) is 0 Å². The van der Waals surface area contributed by atoms with E-state index in [2.05, 4.69) is 4.90 Å². The Morgan fingerprint density at radius 3 is 3.00 bits per heavy atom. The number of aliphatic hydroxyl groups excluding tert-OH is 1. The van der Waals surface area contributed by atoms with E-state index in [9.17, 15) is 15.0 Å². The summed E-state index contributed by atoms with van der Waals surface area (Å²) >= 11 is 0. The molecule has 0 bridgehead atoms. The summed E-state index contributed by atoms with van der Waals surface area (Å²) in [6.45, 7) is 2.14. The molecule has 2 aromatic rings. The summed E-state index contributed by atoms with van der Waals surface area (Å²) in [6, 6.07) is 6.27. The van der Waals surface area contributed by atoms with Gasteiger partial charge in [-0.1, -0.05) is 0 Å². The molecule has 5 nitrogen and oxygen atoms in total. The molecule has 2 heterocycles. The van der Waals surface area contributed by atoms with Crippen molar-refractivity contribution in [3.8, 4) is 5.75 Å². The van der Waals surface area contributed by atoms with Gasteiger partial charge < -0.3 is 14.6 Å². The van der Waals surface area contributed by atoms with Crippen molar-refractivity contribution in [1.29, 1.82) is 0 Å². The lowest BCUT2D eigenvalue weighted by Gasteiger charge is -2.30. The molecule has 0 aliphatic carbocycles. The zero-order chi connectivity index (χ0) is 14.1.